The van der Waals surface area contributed by atoms with Crippen LogP contribution < -0.4 is 22.1 Å². The number of rotatable bonds is 6. The summed E-state index contributed by atoms with van der Waals surface area (Å²) in [6.07, 6.45) is 0.0988. The average Bonchev–Trinajstić information content (AvgIpc) is 2.57. The predicted molar refractivity (Wildman–Crippen MR) is 71.4 cm³/mol. The number of nitrogens with zero attached hydrogens (tertiary/aromatic N) is 1. The van der Waals surface area contributed by atoms with Gasteiger partial charge in [0, 0.05) is 19.0 Å². The van der Waals surface area contributed by atoms with Crippen LogP contribution in [-0.4, -0.2) is 29.4 Å². The third kappa shape index (κ3) is 4.21. The highest BCUT2D eigenvalue weighted by molar-refractivity contribution is 7.18. The highest BCUT2D eigenvalue weighted by atomic mass is 32.1. The van der Waals surface area contributed by atoms with Crippen LogP contribution in [0.15, 0.2) is 0 Å². The van der Waals surface area contributed by atoms with Gasteiger partial charge in [0.15, 0.2) is 5.13 Å². The zero-order chi connectivity index (χ0) is 13.7. The normalized spacial score (nSPS) is 10.4. The first-order chi connectivity index (χ1) is 8.40. The van der Waals surface area contributed by atoms with Crippen LogP contribution in [0.4, 0.5) is 10.9 Å². The summed E-state index contributed by atoms with van der Waals surface area (Å²) in [4.78, 5) is 26.7. The molecule has 1 aromatic rings. The highest BCUT2D eigenvalue weighted by Crippen LogP contribution is 2.25. The van der Waals surface area contributed by atoms with Gasteiger partial charge in [-0.1, -0.05) is 11.3 Å². The number of hydrogen-bond acceptors (Lipinski definition) is 6. The summed E-state index contributed by atoms with van der Waals surface area (Å²) in [5.41, 5.74) is 10.6. The zero-order valence-electron chi connectivity index (χ0n) is 10.3. The molecule has 0 radical (unpaired) electrons. The van der Waals surface area contributed by atoms with Crippen molar-refractivity contribution in [3.63, 3.8) is 0 Å². The van der Waals surface area contributed by atoms with E-state index in [9.17, 15) is 9.59 Å². The molecule has 2 amide bonds. The third-order valence-corrected chi connectivity index (χ3v) is 2.93. The summed E-state index contributed by atoms with van der Waals surface area (Å²) in [5, 5.41) is 6.23. The van der Waals surface area contributed by atoms with Crippen molar-refractivity contribution in [3.8, 4) is 0 Å². The number of hydrogen-bond donors (Lipinski definition) is 4. The molecule has 8 heteroatoms. The maximum absolute atomic E-state index is 11.7. The Bertz CT molecular complexity index is 443. The van der Waals surface area contributed by atoms with Crippen LogP contribution in [0, 0.1) is 0 Å². The van der Waals surface area contributed by atoms with Crippen LogP contribution in [0.1, 0.15) is 29.9 Å². The summed E-state index contributed by atoms with van der Waals surface area (Å²) in [6.45, 7) is 4.12. The lowest BCUT2D eigenvalue weighted by atomic mass is 10.4. The van der Waals surface area contributed by atoms with Gasteiger partial charge in [0.25, 0.3) is 5.91 Å². The van der Waals surface area contributed by atoms with Crippen molar-refractivity contribution in [2.75, 3.05) is 17.6 Å². The van der Waals surface area contributed by atoms with E-state index >= 15 is 0 Å². The monoisotopic (exact) mass is 271 g/mol. The Labute approximate surface area is 109 Å². The Morgan fingerprint density at radius 1 is 1.44 bits per heavy atom. The van der Waals surface area contributed by atoms with Gasteiger partial charge in [-0.25, -0.2) is 4.98 Å². The van der Waals surface area contributed by atoms with E-state index < -0.39 is 5.91 Å². The molecule has 0 aromatic carbocycles. The fourth-order valence-electron chi connectivity index (χ4n) is 1.18. The van der Waals surface area contributed by atoms with Gasteiger partial charge >= 0.3 is 0 Å². The third-order valence-electron chi connectivity index (χ3n) is 1.93. The molecule has 0 fully saturated rings. The van der Waals surface area contributed by atoms with Crippen LogP contribution >= 0.6 is 11.3 Å². The number of nitrogens with two attached hydrogens (primary N) is 2. The molecule has 1 heterocycles. The number of nitrogens with one attached hydrogen (secondary N) is 2. The van der Waals surface area contributed by atoms with E-state index in [2.05, 4.69) is 15.6 Å². The van der Waals surface area contributed by atoms with Crippen molar-refractivity contribution in [1.82, 2.24) is 10.3 Å². The molecule has 0 unspecified atom stereocenters. The van der Waals surface area contributed by atoms with Crippen LogP contribution in [0.25, 0.3) is 0 Å². The number of anilines is 2. The van der Waals surface area contributed by atoms with Gasteiger partial charge in [-0.15, -0.1) is 0 Å². The van der Waals surface area contributed by atoms with Gasteiger partial charge in [-0.3, -0.25) is 9.59 Å². The number of primary amides is 1. The molecular weight excluding hydrogens is 254 g/mol. The molecule has 1 aromatic heterocycles. The van der Waals surface area contributed by atoms with Gasteiger partial charge in [-0.05, 0) is 13.8 Å². The standard InChI is InChI=1S/C10H17N5O2S/c1-5(2)14-10-15-8(12)7(18-10)9(17)13-4-3-6(11)16/h5H,3-4,12H2,1-2H3,(H2,11,16)(H,13,17)(H,14,15). The minimum Gasteiger partial charge on any atom is -0.382 e. The second-order valence-electron chi connectivity index (χ2n) is 4.00. The number of amides is 2. The van der Waals surface area contributed by atoms with E-state index in [-0.39, 0.29) is 30.7 Å². The number of nitrogen functional groups attached to an aromatic ring is 1. The van der Waals surface area contributed by atoms with Gasteiger partial charge < -0.3 is 22.1 Å². The second-order valence-corrected chi connectivity index (χ2v) is 5.00. The maximum Gasteiger partial charge on any atom is 0.265 e. The van der Waals surface area contributed by atoms with E-state index in [0.717, 1.165) is 0 Å². The van der Waals surface area contributed by atoms with Crippen LogP contribution in [-0.2, 0) is 4.79 Å². The Hall–Kier alpha value is -1.83. The lowest BCUT2D eigenvalue weighted by Crippen LogP contribution is -2.27. The first kappa shape index (κ1) is 14.2. The first-order valence-electron chi connectivity index (χ1n) is 5.49. The van der Waals surface area contributed by atoms with Gasteiger partial charge in [0.2, 0.25) is 5.91 Å². The van der Waals surface area contributed by atoms with Gasteiger partial charge in [0.1, 0.15) is 10.7 Å². The van der Waals surface area contributed by atoms with Crippen molar-refractivity contribution in [2.24, 2.45) is 5.73 Å². The Morgan fingerprint density at radius 3 is 2.67 bits per heavy atom. The molecular formula is C10H17N5O2S. The number of thiazole rings is 1. The minimum absolute atomic E-state index is 0.0988. The molecule has 0 spiro atoms. The smallest absolute Gasteiger partial charge is 0.265 e. The molecule has 0 saturated carbocycles. The number of carbonyl (C=O) groups is 2. The van der Waals surface area contributed by atoms with Crippen LogP contribution in [0.2, 0.25) is 0 Å². The number of carbonyl (C=O) groups excluding carboxylic acids is 2. The molecule has 0 saturated heterocycles. The zero-order valence-corrected chi connectivity index (χ0v) is 11.1. The minimum atomic E-state index is -0.463. The summed E-state index contributed by atoms with van der Waals surface area (Å²) < 4.78 is 0. The van der Waals surface area contributed by atoms with Crippen molar-refractivity contribution < 1.29 is 9.59 Å². The summed E-state index contributed by atoms with van der Waals surface area (Å²) in [5.74, 6) is -0.627. The van der Waals surface area contributed by atoms with E-state index in [1.807, 2.05) is 13.8 Å². The molecule has 6 N–H and O–H groups in total. The summed E-state index contributed by atoms with van der Waals surface area (Å²) >= 11 is 1.18. The largest absolute Gasteiger partial charge is 0.382 e. The predicted octanol–water partition coefficient (Wildman–Crippen LogP) is 0.151. The molecule has 0 aliphatic heterocycles. The van der Waals surface area contributed by atoms with Gasteiger partial charge in [-0.2, -0.15) is 0 Å². The van der Waals surface area contributed by atoms with Crippen LogP contribution in [0.5, 0.6) is 0 Å². The molecule has 7 nitrogen and oxygen atoms in total. The van der Waals surface area contributed by atoms with Gasteiger partial charge in [0.05, 0.1) is 0 Å². The van der Waals surface area contributed by atoms with E-state index in [4.69, 9.17) is 11.5 Å². The Balaban J connectivity index is 2.62. The van der Waals surface area contributed by atoms with Crippen molar-refractivity contribution in [2.45, 2.75) is 26.3 Å². The molecule has 18 heavy (non-hydrogen) atoms. The average molecular weight is 271 g/mol. The first-order valence-corrected chi connectivity index (χ1v) is 6.31. The fraction of sp³-hybridized carbons (Fsp3) is 0.500. The maximum atomic E-state index is 11.7. The number of aromatic nitrogens is 1. The quantitative estimate of drug-likeness (QED) is 0.586. The lowest BCUT2D eigenvalue weighted by molar-refractivity contribution is -0.117. The van der Waals surface area contributed by atoms with E-state index in [1.165, 1.54) is 11.3 Å². The molecule has 100 valence electrons. The van der Waals surface area contributed by atoms with E-state index in [0.29, 0.717) is 10.0 Å². The molecule has 0 atom stereocenters. The molecule has 0 aliphatic rings. The highest BCUT2D eigenvalue weighted by Gasteiger charge is 2.16. The Morgan fingerprint density at radius 2 is 2.11 bits per heavy atom. The van der Waals surface area contributed by atoms with Crippen molar-refractivity contribution in [3.05, 3.63) is 4.88 Å². The second kappa shape index (κ2) is 6.20. The van der Waals surface area contributed by atoms with Crippen LogP contribution in [0.3, 0.4) is 0 Å². The summed E-state index contributed by atoms with van der Waals surface area (Å²) in [7, 11) is 0. The molecule has 0 aliphatic carbocycles. The SMILES string of the molecule is CC(C)Nc1nc(N)c(C(=O)NCCC(N)=O)s1. The molecule has 0 bridgehead atoms. The van der Waals surface area contributed by atoms with E-state index in [1.54, 1.807) is 0 Å². The van der Waals surface area contributed by atoms with Crippen molar-refractivity contribution in [1.29, 1.82) is 0 Å². The molecule has 1 rings (SSSR count). The summed E-state index contributed by atoms with van der Waals surface area (Å²) in [6, 6.07) is 0.210. The van der Waals surface area contributed by atoms with Crippen molar-refractivity contribution >= 4 is 34.1 Å². The fourth-order valence-corrected chi connectivity index (χ4v) is 2.13. The Kier molecular flexibility index (Phi) is 4.90. The lowest BCUT2D eigenvalue weighted by Gasteiger charge is -2.04. The topological polar surface area (TPSA) is 123 Å².